The van der Waals surface area contributed by atoms with Crippen molar-refractivity contribution in [3.05, 3.63) is 34.8 Å². The maximum absolute atomic E-state index is 2.50. The van der Waals surface area contributed by atoms with Gasteiger partial charge in [0, 0.05) is 17.7 Å². The first-order valence-electron chi connectivity index (χ1n) is 4.88. The molecule has 0 nitrogen and oxygen atoms in total. The SMILES string of the molecule is CCC1C=C2C=CC=C2S1=[Si](C)C. The molecule has 70 valence electrons. The normalized spacial score (nSPS) is 30.1. The minimum absolute atomic E-state index is 0.158. The summed E-state index contributed by atoms with van der Waals surface area (Å²) in [7, 11) is 0.428. The van der Waals surface area contributed by atoms with E-state index in [-0.39, 0.29) is 7.50 Å². The molecular formula is C11H16SSi. The summed E-state index contributed by atoms with van der Waals surface area (Å²) in [6, 6.07) is 0. The van der Waals surface area contributed by atoms with Gasteiger partial charge in [0.25, 0.3) is 0 Å². The third-order valence-electron chi connectivity index (χ3n) is 2.56. The van der Waals surface area contributed by atoms with Crippen molar-refractivity contribution in [2.45, 2.75) is 31.7 Å². The van der Waals surface area contributed by atoms with Crippen LogP contribution < -0.4 is 0 Å². The van der Waals surface area contributed by atoms with Crippen molar-refractivity contribution in [1.29, 1.82) is 0 Å². The van der Waals surface area contributed by atoms with E-state index in [0.717, 1.165) is 5.25 Å². The molecule has 1 aliphatic heterocycles. The average molecular weight is 208 g/mol. The lowest BCUT2D eigenvalue weighted by atomic mass is 10.2. The predicted octanol–water partition coefficient (Wildman–Crippen LogP) is 3.68. The molecule has 0 amide bonds. The molecule has 0 fully saturated rings. The van der Waals surface area contributed by atoms with Crippen molar-refractivity contribution in [3.8, 4) is 0 Å². The molecule has 1 aliphatic carbocycles. The van der Waals surface area contributed by atoms with Gasteiger partial charge in [0.1, 0.15) is 0 Å². The largest absolute Gasteiger partial charge is 0.175 e. The Morgan fingerprint density at radius 2 is 2.23 bits per heavy atom. The summed E-state index contributed by atoms with van der Waals surface area (Å²) in [6.45, 7) is 7.22. The van der Waals surface area contributed by atoms with Gasteiger partial charge < -0.3 is 0 Å². The van der Waals surface area contributed by atoms with E-state index >= 15 is 0 Å². The van der Waals surface area contributed by atoms with E-state index in [9.17, 15) is 0 Å². The number of hydrogen-bond donors (Lipinski definition) is 0. The van der Waals surface area contributed by atoms with Crippen LogP contribution in [-0.2, 0) is 0 Å². The first kappa shape index (κ1) is 9.35. The summed E-state index contributed by atoms with van der Waals surface area (Å²) in [5, 5.41) is 0.857. The Morgan fingerprint density at radius 1 is 1.46 bits per heavy atom. The highest BCUT2D eigenvalue weighted by atomic mass is 32.3. The molecule has 0 radical (unpaired) electrons. The molecule has 2 rings (SSSR count). The summed E-state index contributed by atoms with van der Waals surface area (Å²) in [5.74, 6) is 0. The van der Waals surface area contributed by atoms with Crippen LogP contribution in [0.5, 0.6) is 0 Å². The zero-order valence-corrected chi connectivity index (χ0v) is 10.3. The Labute approximate surface area is 84.1 Å². The number of fused-ring (bicyclic) bond motifs is 1. The van der Waals surface area contributed by atoms with Gasteiger partial charge in [0.05, 0.1) is 0 Å². The second-order valence-electron chi connectivity index (χ2n) is 3.70. The van der Waals surface area contributed by atoms with E-state index < -0.39 is 0 Å². The summed E-state index contributed by atoms with van der Waals surface area (Å²) < 4.78 is 0. The first-order chi connectivity index (χ1) is 6.24. The van der Waals surface area contributed by atoms with E-state index in [0.29, 0.717) is 9.89 Å². The minimum atomic E-state index is -0.158. The van der Waals surface area contributed by atoms with Crippen molar-refractivity contribution < 1.29 is 0 Å². The molecule has 13 heavy (non-hydrogen) atoms. The van der Waals surface area contributed by atoms with Gasteiger partial charge in [-0.15, -0.1) is 0 Å². The predicted molar refractivity (Wildman–Crippen MR) is 64.5 cm³/mol. The fourth-order valence-electron chi connectivity index (χ4n) is 1.99. The van der Waals surface area contributed by atoms with Crippen molar-refractivity contribution in [3.63, 3.8) is 0 Å². The Morgan fingerprint density at radius 3 is 2.85 bits per heavy atom. The highest BCUT2D eigenvalue weighted by Gasteiger charge is 2.24. The first-order valence-corrected chi connectivity index (χ1v) is 9.39. The van der Waals surface area contributed by atoms with Gasteiger partial charge in [0.15, 0.2) is 0 Å². The van der Waals surface area contributed by atoms with Crippen LogP contribution in [0.2, 0.25) is 13.1 Å². The third kappa shape index (κ3) is 1.46. The fourth-order valence-corrected chi connectivity index (χ4v) is 8.99. The summed E-state index contributed by atoms with van der Waals surface area (Å²) in [4.78, 5) is 1.66. The lowest BCUT2D eigenvalue weighted by Crippen LogP contribution is -1.99. The third-order valence-corrected chi connectivity index (χ3v) is 9.56. The van der Waals surface area contributed by atoms with Gasteiger partial charge in [-0.3, -0.25) is 0 Å². The van der Waals surface area contributed by atoms with Crippen LogP contribution in [-0.4, -0.2) is 12.8 Å². The highest BCUT2D eigenvalue weighted by Crippen LogP contribution is 2.47. The molecule has 0 bridgehead atoms. The number of hydrogen-bond acceptors (Lipinski definition) is 0. The van der Waals surface area contributed by atoms with Gasteiger partial charge in [-0.2, -0.15) is 9.89 Å². The topological polar surface area (TPSA) is 0 Å². The Kier molecular flexibility index (Phi) is 2.52. The molecule has 2 atom stereocenters. The second kappa shape index (κ2) is 3.50. The molecule has 0 aromatic carbocycles. The summed E-state index contributed by atoms with van der Waals surface area (Å²) in [6.07, 6.45) is 10.6. The Balaban J connectivity index is 2.47. The number of rotatable bonds is 1. The molecule has 0 saturated heterocycles. The minimum Gasteiger partial charge on any atom is -0.175 e. The molecule has 2 aliphatic rings. The quantitative estimate of drug-likeness (QED) is 0.577. The maximum atomic E-state index is 2.50. The smallest absolute Gasteiger partial charge is 0.0424 e. The van der Waals surface area contributed by atoms with E-state index in [1.54, 1.807) is 4.91 Å². The fraction of sp³-hybridized carbons (Fsp3) is 0.455. The lowest BCUT2D eigenvalue weighted by Gasteiger charge is -2.13. The Hall–Kier alpha value is -0.213. The van der Waals surface area contributed by atoms with Gasteiger partial charge in [-0.25, -0.2) is 0 Å². The van der Waals surface area contributed by atoms with E-state index in [4.69, 9.17) is 0 Å². The molecule has 0 aromatic heterocycles. The molecule has 0 spiro atoms. The van der Waals surface area contributed by atoms with E-state index in [1.165, 1.54) is 12.0 Å². The lowest BCUT2D eigenvalue weighted by molar-refractivity contribution is 0.983. The van der Waals surface area contributed by atoms with Gasteiger partial charge in [-0.05, 0) is 18.1 Å². The summed E-state index contributed by atoms with van der Waals surface area (Å²) in [5.41, 5.74) is 1.53. The summed E-state index contributed by atoms with van der Waals surface area (Å²) >= 11 is 0. The molecule has 2 unspecified atom stereocenters. The zero-order valence-electron chi connectivity index (χ0n) is 8.50. The van der Waals surface area contributed by atoms with Crippen LogP contribution in [0.15, 0.2) is 34.8 Å². The van der Waals surface area contributed by atoms with Crippen molar-refractivity contribution >= 4 is 17.4 Å². The van der Waals surface area contributed by atoms with Gasteiger partial charge in [-0.1, -0.05) is 38.2 Å². The molecule has 2 heteroatoms. The average Bonchev–Trinajstić information content (AvgIpc) is 2.59. The molecular weight excluding hydrogens is 192 g/mol. The van der Waals surface area contributed by atoms with Gasteiger partial charge >= 0.3 is 0 Å². The van der Waals surface area contributed by atoms with Crippen LogP contribution in [0, 0.1) is 0 Å². The van der Waals surface area contributed by atoms with E-state index in [2.05, 4.69) is 44.3 Å². The monoisotopic (exact) mass is 208 g/mol. The second-order valence-corrected chi connectivity index (χ2v) is 11.0. The van der Waals surface area contributed by atoms with Crippen molar-refractivity contribution in [1.82, 2.24) is 0 Å². The van der Waals surface area contributed by atoms with Crippen LogP contribution in [0.1, 0.15) is 13.3 Å². The van der Waals surface area contributed by atoms with Gasteiger partial charge in [0.2, 0.25) is 0 Å². The van der Waals surface area contributed by atoms with Crippen molar-refractivity contribution in [2.75, 3.05) is 0 Å². The molecule has 0 N–H and O–H groups in total. The van der Waals surface area contributed by atoms with Crippen LogP contribution in [0.4, 0.5) is 0 Å². The maximum Gasteiger partial charge on any atom is 0.0424 e. The van der Waals surface area contributed by atoms with Crippen LogP contribution >= 0.6 is 9.89 Å². The molecule has 0 saturated carbocycles. The van der Waals surface area contributed by atoms with Crippen molar-refractivity contribution in [2.24, 2.45) is 0 Å². The molecule has 1 heterocycles. The van der Waals surface area contributed by atoms with Crippen LogP contribution in [0.25, 0.3) is 0 Å². The van der Waals surface area contributed by atoms with E-state index in [1.807, 2.05) is 0 Å². The standard InChI is InChI=1S/C11H16SSi/c1-4-10-8-9-6-5-7-11(9)12(10)13(2)3/h5-8,10H,4H2,1-3H3. The number of allylic oxidation sites excluding steroid dienone is 4. The van der Waals surface area contributed by atoms with Crippen LogP contribution in [0.3, 0.4) is 0 Å². The molecule has 0 aromatic rings. The Bertz CT molecular complexity index is 354. The zero-order chi connectivity index (χ0) is 9.42. The highest BCUT2D eigenvalue weighted by molar-refractivity contribution is 8.25.